The third-order valence-electron chi connectivity index (χ3n) is 2.07. The van der Waals surface area contributed by atoms with Crippen molar-refractivity contribution in [2.24, 2.45) is 5.90 Å². The van der Waals surface area contributed by atoms with Crippen LogP contribution in [0.2, 0.25) is 0 Å². The zero-order valence-electron chi connectivity index (χ0n) is 7.02. The van der Waals surface area contributed by atoms with Gasteiger partial charge in [-0.25, -0.2) is 0 Å². The van der Waals surface area contributed by atoms with Gasteiger partial charge >= 0.3 is 0 Å². The lowest BCUT2D eigenvalue weighted by molar-refractivity contribution is 0.198. The van der Waals surface area contributed by atoms with Crippen molar-refractivity contribution < 1.29 is 4.84 Å². The van der Waals surface area contributed by atoms with E-state index in [1.165, 1.54) is 18.4 Å². The zero-order valence-corrected chi connectivity index (χ0v) is 7.02. The van der Waals surface area contributed by atoms with Gasteiger partial charge in [0.25, 0.3) is 0 Å². The molecule has 0 aliphatic heterocycles. The van der Waals surface area contributed by atoms with Gasteiger partial charge in [0.15, 0.2) is 0 Å². The fourth-order valence-electron chi connectivity index (χ4n) is 1.46. The molecule has 0 unspecified atom stereocenters. The largest absolute Gasteiger partial charge is 0.416 e. The van der Waals surface area contributed by atoms with E-state index in [0.29, 0.717) is 0 Å². The molecular formula is C9H15NO. The predicted molar refractivity (Wildman–Crippen MR) is 45.6 cm³/mol. The Morgan fingerprint density at radius 1 is 1.45 bits per heavy atom. The summed E-state index contributed by atoms with van der Waals surface area (Å²) in [7, 11) is 0. The van der Waals surface area contributed by atoms with Crippen molar-refractivity contribution in [1.82, 2.24) is 0 Å². The molecule has 0 aromatic rings. The van der Waals surface area contributed by atoms with Gasteiger partial charge in [0.2, 0.25) is 0 Å². The molecule has 0 bridgehead atoms. The molecule has 0 aromatic carbocycles. The smallest absolute Gasteiger partial charge is 0.127 e. The first kappa shape index (κ1) is 8.34. The van der Waals surface area contributed by atoms with Crippen LogP contribution in [0.5, 0.6) is 0 Å². The minimum absolute atomic E-state index is 0.934. The van der Waals surface area contributed by atoms with Crippen molar-refractivity contribution >= 4 is 0 Å². The highest BCUT2D eigenvalue weighted by Gasteiger charge is 2.13. The van der Waals surface area contributed by atoms with E-state index >= 15 is 0 Å². The Morgan fingerprint density at radius 3 is 2.55 bits per heavy atom. The highest BCUT2D eigenvalue weighted by molar-refractivity contribution is 5.30. The second kappa shape index (κ2) is 3.58. The average molecular weight is 153 g/mol. The van der Waals surface area contributed by atoms with Crippen LogP contribution in [-0.2, 0) is 4.84 Å². The number of hydrogen-bond acceptors (Lipinski definition) is 2. The molecular weight excluding hydrogens is 138 g/mol. The molecule has 1 aliphatic rings. The van der Waals surface area contributed by atoms with Crippen LogP contribution in [0.15, 0.2) is 23.5 Å². The quantitative estimate of drug-likeness (QED) is 0.618. The molecule has 1 rings (SSSR count). The second-order valence-corrected chi connectivity index (χ2v) is 3.01. The molecule has 2 N–H and O–H groups in total. The minimum Gasteiger partial charge on any atom is -0.416 e. The van der Waals surface area contributed by atoms with Gasteiger partial charge in [0, 0.05) is 6.42 Å². The molecule has 11 heavy (non-hydrogen) atoms. The zero-order chi connectivity index (χ0) is 8.27. The number of nitrogens with two attached hydrogens (primary N) is 1. The lowest BCUT2D eigenvalue weighted by atomic mass is 9.93. The minimum atomic E-state index is 0.934. The van der Waals surface area contributed by atoms with Gasteiger partial charge < -0.3 is 4.84 Å². The fourth-order valence-corrected chi connectivity index (χ4v) is 1.46. The van der Waals surface area contributed by atoms with Gasteiger partial charge in [-0.05, 0) is 31.8 Å². The SMILES string of the molecule is C=C(C)C1=C(ON)CCCC1. The van der Waals surface area contributed by atoms with E-state index < -0.39 is 0 Å². The normalized spacial score (nSPS) is 18.4. The summed E-state index contributed by atoms with van der Waals surface area (Å²) in [6.45, 7) is 5.88. The first-order valence-electron chi connectivity index (χ1n) is 4.00. The molecule has 0 spiro atoms. The molecule has 0 fully saturated rings. The van der Waals surface area contributed by atoms with Gasteiger partial charge in [-0.2, -0.15) is 5.90 Å². The Morgan fingerprint density at radius 2 is 2.09 bits per heavy atom. The fraction of sp³-hybridized carbons (Fsp3) is 0.556. The van der Waals surface area contributed by atoms with Crippen LogP contribution < -0.4 is 5.90 Å². The molecule has 0 saturated heterocycles. The van der Waals surface area contributed by atoms with Gasteiger partial charge in [0.05, 0.1) is 0 Å². The maximum atomic E-state index is 5.13. The van der Waals surface area contributed by atoms with E-state index in [1.807, 2.05) is 6.92 Å². The van der Waals surface area contributed by atoms with Crippen molar-refractivity contribution in [3.8, 4) is 0 Å². The first-order chi connectivity index (χ1) is 5.25. The molecule has 0 aromatic heterocycles. The summed E-state index contributed by atoms with van der Waals surface area (Å²) in [6.07, 6.45) is 4.46. The second-order valence-electron chi connectivity index (χ2n) is 3.01. The van der Waals surface area contributed by atoms with Crippen LogP contribution in [-0.4, -0.2) is 0 Å². The third kappa shape index (κ3) is 1.84. The Bertz CT molecular complexity index is 194. The van der Waals surface area contributed by atoms with E-state index in [9.17, 15) is 0 Å². The first-order valence-corrected chi connectivity index (χ1v) is 4.00. The number of allylic oxidation sites excluding steroid dienone is 3. The molecule has 0 amide bonds. The van der Waals surface area contributed by atoms with Gasteiger partial charge in [0.1, 0.15) is 5.76 Å². The Hall–Kier alpha value is -0.760. The Labute approximate surface area is 67.7 Å². The highest BCUT2D eigenvalue weighted by atomic mass is 16.6. The van der Waals surface area contributed by atoms with E-state index in [2.05, 4.69) is 6.58 Å². The maximum absolute atomic E-state index is 5.13. The molecule has 1 aliphatic carbocycles. The van der Waals surface area contributed by atoms with Crippen LogP contribution in [0.3, 0.4) is 0 Å². The van der Waals surface area contributed by atoms with Crippen LogP contribution in [0, 0.1) is 0 Å². The van der Waals surface area contributed by atoms with Gasteiger partial charge in [-0.1, -0.05) is 12.2 Å². The van der Waals surface area contributed by atoms with E-state index in [4.69, 9.17) is 10.7 Å². The molecule has 0 atom stereocenters. The lowest BCUT2D eigenvalue weighted by Gasteiger charge is -2.17. The highest BCUT2D eigenvalue weighted by Crippen LogP contribution is 2.28. The summed E-state index contributed by atoms with van der Waals surface area (Å²) in [4.78, 5) is 4.78. The molecule has 0 radical (unpaired) electrons. The van der Waals surface area contributed by atoms with Crippen LogP contribution in [0.4, 0.5) is 0 Å². The Kier molecular flexibility index (Phi) is 2.71. The lowest BCUT2D eigenvalue weighted by Crippen LogP contribution is -2.07. The van der Waals surface area contributed by atoms with Gasteiger partial charge in [-0.15, -0.1) is 0 Å². The Balaban J connectivity index is 2.81. The topological polar surface area (TPSA) is 35.2 Å². The van der Waals surface area contributed by atoms with Crippen molar-refractivity contribution in [1.29, 1.82) is 0 Å². The summed E-state index contributed by atoms with van der Waals surface area (Å²) >= 11 is 0. The number of rotatable bonds is 2. The standard InChI is InChI=1S/C9H15NO/c1-7(2)8-5-3-4-6-9(8)11-10/h1,3-6,10H2,2H3. The summed E-state index contributed by atoms with van der Waals surface area (Å²) in [5.74, 6) is 6.07. The molecule has 2 heteroatoms. The summed E-state index contributed by atoms with van der Waals surface area (Å²) in [5.41, 5.74) is 2.31. The molecule has 0 heterocycles. The molecule has 0 saturated carbocycles. The molecule has 62 valence electrons. The van der Waals surface area contributed by atoms with Crippen molar-refractivity contribution in [2.45, 2.75) is 32.6 Å². The van der Waals surface area contributed by atoms with Crippen molar-refractivity contribution in [3.63, 3.8) is 0 Å². The van der Waals surface area contributed by atoms with E-state index in [0.717, 1.165) is 24.2 Å². The molecule has 2 nitrogen and oxygen atoms in total. The number of hydrogen-bond donors (Lipinski definition) is 1. The van der Waals surface area contributed by atoms with Crippen LogP contribution in [0.25, 0.3) is 0 Å². The maximum Gasteiger partial charge on any atom is 0.127 e. The summed E-state index contributed by atoms with van der Waals surface area (Å²) in [6, 6.07) is 0. The van der Waals surface area contributed by atoms with Crippen LogP contribution >= 0.6 is 0 Å². The van der Waals surface area contributed by atoms with E-state index in [-0.39, 0.29) is 0 Å². The van der Waals surface area contributed by atoms with Crippen LogP contribution in [0.1, 0.15) is 32.6 Å². The van der Waals surface area contributed by atoms with Crippen molar-refractivity contribution in [2.75, 3.05) is 0 Å². The van der Waals surface area contributed by atoms with Gasteiger partial charge in [-0.3, -0.25) is 0 Å². The summed E-state index contributed by atoms with van der Waals surface area (Å²) < 4.78 is 0. The van der Waals surface area contributed by atoms with Crippen molar-refractivity contribution in [3.05, 3.63) is 23.5 Å². The average Bonchev–Trinajstić information content (AvgIpc) is 2.04. The summed E-state index contributed by atoms with van der Waals surface area (Å²) in [5, 5.41) is 0. The van der Waals surface area contributed by atoms with E-state index in [1.54, 1.807) is 0 Å². The predicted octanol–water partition coefficient (Wildman–Crippen LogP) is 2.28. The third-order valence-corrected chi connectivity index (χ3v) is 2.07. The monoisotopic (exact) mass is 153 g/mol.